The number of aliphatic carboxylic acids is 1. The first-order valence-corrected chi connectivity index (χ1v) is 7.38. The van der Waals surface area contributed by atoms with Crippen LogP contribution >= 0.6 is 0 Å². The fourth-order valence-electron chi connectivity index (χ4n) is 3.41. The van der Waals surface area contributed by atoms with Gasteiger partial charge >= 0.3 is 5.97 Å². The summed E-state index contributed by atoms with van der Waals surface area (Å²) in [5.74, 6) is -1.39. The Bertz CT molecular complexity index is 572. The summed E-state index contributed by atoms with van der Waals surface area (Å²) in [6, 6.07) is 7.98. The Balaban J connectivity index is 1.80. The van der Waals surface area contributed by atoms with Crippen LogP contribution in [0.2, 0.25) is 0 Å². The molecule has 2 aliphatic heterocycles. The Morgan fingerprint density at radius 1 is 1.29 bits per heavy atom. The summed E-state index contributed by atoms with van der Waals surface area (Å²) in [6.45, 7) is 4.17. The number of hydrogen-bond acceptors (Lipinski definition) is 3. The van der Waals surface area contributed by atoms with Gasteiger partial charge in [-0.05, 0) is 17.0 Å². The van der Waals surface area contributed by atoms with Crippen molar-refractivity contribution < 1.29 is 14.7 Å². The molecule has 1 fully saturated rings. The first kappa shape index (κ1) is 14.1. The molecule has 3 unspecified atom stereocenters. The minimum Gasteiger partial charge on any atom is -0.481 e. The minimum absolute atomic E-state index is 0.0123. The predicted molar refractivity (Wildman–Crippen MR) is 77.8 cm³/mol. The molecule has 112 valence electrons. The van der Waals surface area contributed by atoms with Crippen molar-refractivity contribution in [1.29, 1.82) is 0 Å². The highest BCUT2D eigenvalue weighted by Gasteiger charge is 2.39. The summed E-state index contributed by atoms with van der Waals surface area (Å²) in [4.78, 5) is 25.7. The second-order valence-electron chi connectivity index (χ2n) is 6.05. The van der Waals surface area contributed by atoms with Gasteiger partial charge in [0.2, 0.25) is 5.91 Å². The van der Waals surface area contributed by atoms with Gasteiger partial charge in [0.15, 0.2) is 0 Å². The van der Waals surface area contributed by atoms with E-state index in [0.29, 0.717) is 19.6 Å². The normalized spacial score (nSPS) is 28.2. The molecule has 5 nitrogen and oxygen atoms in total. The van der Waals surface area contributed by atoms with Crippen LogP contribution in [-0.4, -0.2) is 41.5 Å². The van der Waals surface area contributed by atoms with Crippen molar-refractivity contribution in [2.45, 2.75) is 19.4 Å². The third kappa shape index (κ3) is 2.53. The second-order valence-corrected chi connectivity index (χ2v) is 6.05. The molecule has 1 saturated heterocycles. The van der Waals surface area contributed by atoms with Crippen LogP contribution in [0, 0.1) is 11.8 Å². The maximum atomic E-state index is 12.8. The van der Waals surface area contributed by atoms with Crippen LogP contribution in [-0.2, 0) is 16.1 Å². The average molecular weight is 288 g/mol. The molecule has 1 aromatic rings. The number of benzene rings is 1. The highest BCUT2D eigenvalue weighted by Crippen LogP contribution is 2.30. The lowest BCUT2D eigenvalue weighted by atomic mass is 9.90. The number of fused-ring (bicyclic) bond motifs is 1. The van der Waals surface area contributed by atoms with Gasteiger partial charge in [0, 0.05) is 26.2 Å². The minimum atomic E-state index is -0.806. The number of nitrogens with zero attached hydrogens (tertiary/aromatic N) is 1. The van der Waals surface area contributed by atoms with E-state index in [4.69, 9.17) is 0 Å². The number of carboxylic acids is 1. The fourth-order valence-corrected chi connectivity index (χ4v) is 3.41. The lowest BCUT2D eigenvalue weighted by molar-refractivity contribution is -0.142. The van der Waals surface area contributed by atoms with Crippen LogP contribution in [0.25, 0.3) is 0 Å². The average Bonchev–Trinajstić information content (AvgIpc) is 2.88. The molecule has 0 saturated carbocycles. The maximum absolute atomic E-state index is 12.8. The number of carbonyl (C=O) groups excluding carboxylic acids is 1. The van der Waals surface area contributed by atoms with E-state index in [-0.39, 0.29) is 17.7 Å². The van der Waals surface area contributed by atoms with Crippen molar-refractivity contribution in [1.82, 2.24) is 10.2 Å². The molecule has 21 heavy (non-hydrogen) atoms. The third-order valence-corrected chi connectivity index (χ3v) is 4.63. The van der Waals surface area contributed by atoms with Crippen molar-refractivity contribution >= 4 is 11.9 Å². The van der Waals surface area contributed by atoms with Crippen molar-refractivity contribution in [3.8, 4) is 0 Å². The van der Waals surface area contributed by atoms with E-state index < -0.39 is 11.9 Å². The van der Waals surface area contributed by atoms with E-state index in [1.54, 1.807) is 4.90 Å². The summed E-state index contributed by atoms with van der Waals surface area (Å²) in [5.41, 5.74) is 2.23. The predicted octanol–water partition coefficient (Wildman–Crippen LogP) is 1.05. The molecule has 0 aromatic heterocycles. The van der Waals surface area contributed by atoms with Crippen LogP contribution in [0.15, 0.2) is 24.3 Å². The molecular formula is C16H20N2O3. The van der Waals surface area contributed by atoms with Crippen molar-refractivity contribution in [3.05, 3.63) is 35.4 Å². The Morgan fingerprint density at radius 3 is 2.76 bits per heavy atom. The topological polar surface area (TPSA) is 69.6 Å². The first-order chi connectivity index (χ1) is 10.1. The molecule has 2 aliphatic rings. The quantitative estimate of drug-likeness (QED) is 0.853. The standard InChI is InChI=1S/C16H20N2O3/c1-10-8-18(9-14(10)16(20)21)15(19)13-7-17-6-11-4-2-3-5-12(11)13/h2-5,10,13-14,17H,6-9H2,1H3,(H,20,21). The van der Waals surface area contributed by atoms with E-state index in [0.717, 1.165) is 17.7 Å². The van der Waals surface area contributed by atoms with Crippen LogP contribution in [0.1, 0.15) is 24.0 Å². The van der Waals surface area contributed by atoms with Crippen LogP contribution in [0.5, 0.6) is 0 Å². The largest absolute Gasteiger partial charge is 0.481 e. The number of carbonyl (C=O) groups is 2. The first-order valence-electron chi connectivity index (χ1n) is 7.38. The van der Waals surface area contributed by atoms with Crippen molar-refractivity contribution in [3.63, 3.8) is 0 Å². The van der Waals surface area contributed by atoms with E-state index in [2.05, 4.69) is 5.32 Å². The van der Waals surface area contributed by atoms with Gasteiger partial charge < -0.3 is 15.3 Å². The van der Waals surface area contributed by atoms with E-state index in [9.17, 15) is 14.7 Å². The lowest BCUT2D eigenvalue weighted by Crippen LogP contribution is -2.41. The summed E-state index contributed by atoms with van der Waals surface area (Å²) < 4.78 is 0. The molecule has 1 amide bonds. The molecule has 0 bridgehead atoms. The summed E-state index contributed by atoms with van der Waals surface area (Å²) >= 11 is 0. The SMILES string of the molecule is CC1CN(C(=O)C2CNCc3ccccc32)CC1C(=O)O. The molecule has 0 aliphatic carbocycles. The van der Waals surface area contributed by atoms with Gasteiger partial charge in [-0.2, -0.15) is 0 Å². The Hall–Kier alpha value is -1.88. The fraction of sp³-hybridized carbons (Fsp3) is 0.500. The Kier molecular flexibility index (Phi) is 3.68. The molecule has 2 heterocycles. The summed E-state index contributed by atoms with van der Waals surface area (Å²) in [6.07, 6.45) is 0. The van der Waals surface area contributed by atoms with Gasteiger partial charge in [-0.1, -0.05) is 31.2 Å². The monoisotopic (exact) mass is 288 g/mol. The lowest BCUT2D eigenvalue weighted by Gasteiger charge is -2.29. The zero-order chi connectivity index (χ0) is 15.0. The number of rotatable bonds is 2. The molecular weight excluding hydrogens is 268 g/mol. The zero-order valence-corrected chi connectivity index (χ0v) is 12.1. The molecule has 3 rings (SSSR count). The maximum Gasteiger partial charge on any atom is 0.308 e. The smallest absolute Gasteiger partial charge is 0.308 e. The van der Waals surface area contributed by atoms with E-state index >= 15 is 0 Å². The zero-order valence-electron chi connectivity index (χ0n) is 12.1. The van der Waals surface area contributed by atoms with E-state index in [1.807, 2.05) is 31.2 Å². The van der Waals surface area contributed by atoms with Crippen molar-refractivity contribution in [2.24, 2.45) is 11.8 Å². The molecule has 2 N–H and O–H groups in total. The number of amides is 1. The van der Waals surface area contributed by atoms with Crippen molar-refractivity contribution in [2.75, 3.05) is 19.6 Å². The molecule has 0 radical (unpaired) electrons. The van der Waals surface area contributed by atoms with Gasteiger partial charge in [0.25, 0.3) is 0 Å². The van der Waals surface area contributed by atoms with Gasteiger partial charge in [0.1, 0.15) is 0 Å². The molecule has 3 atom stereocenters. The van der Waals surface area contributed by atoms with Gasteiger partial charge in [0.05, 0.1) is 11.8 Å². The summed E-state index contributed by atoms with van der Waals surface area (Å²) in [7, 11) is 0. The van der Waals surface area contributed by atoms with Crippen LogP contribution in [0.3, 0.4) is 0 Å². The number of carboxylic acid groups (broad SMARTS) is 1. The number of hydrogen-bond donors (Lipinski definition) is 2. The Morgan fingerprint density at radius 2 is 2.05 bits per heavy atom. The van der Waals surface area contributed by atoms with Crippen LogP contribution in [0.4, 0.5) is 0 Å². The molecule has 1 aromatic carbocycles. The highest BCUT2D eigenvalue weighted by atomic mass is 16.4. The molecule has 5 heteroatoms. The third-order valence-electron chi connectivity index (χ3n) is 4.63. The Labute approximate surface area is 123 Å². The summed E-state index contributed by atoms with van der Waals surface area (Å²) in [5, 5.41) is 12.5. The van der Waals surface area contributed by atoms with E-state index in [1.165, 1.54) is 0 Å². The number of likely N-dealkylation sites (tertiary alicyclic amines) is 1. The van der Waals surface area contributed by atoms with Gasteiger partial charge in [-0.3, -0.25) is 9.59 Å². The van der Waals surface area contributed by atoms with Crippen LogP contribution < -0.4 is 5.32 Å². The number of nitrogens with one attached hydrogen (secondary N) is 1. The second kappa shape index (κ2) is 5.48. The van der Waals surface area contributed by atoms with Gasteiger partial charge in [-0.15, -0.1) is 0 Å². The highest BCUT2D eigenvalue weighted by molar-refractivity contribution is 5.86. The molecule has 0 spiro atoms. The van der Waals surface area contributed by atoms with Gasteiger partial charge in [-0.25, -0.2) is 0 Å².